The summed E-state index contributed by atoms with van der Waals surface area (Å²) < 4.78 is 0. The van der Waals surface area contributed by atoms with Crippen LogP contribution in [0.5, 0.6) is 0 Å². The topological polar surface area (TPSA) is 0 Å². The van der Waals surface area contributed by atoms with Gasteiger partial charge in [-0.15, -0.1) is 0 Å². The first-order chi connectivity index (χ1) is 5.86. The van der Waals surface area contributed by atoms with Gasteiger partial charge in [0.05, 0.1) is 0 Å². The van der Waals surface area contributed by atoms with E-state index in [2.05, 4.69) is 19.1 Å². The maximum atomic E-state index is 2.37. The molecule has 0 aromatic heterocycles. The molecule has 2 rings (SSSR count). The van der Waals surface area contributed by atoms with Gasteiger partial charge in [-0.2, -0.15) is 0 Å². The van der Waals surface area contributed by atoms with Crippen LogP contribution in [0.3, 0.4) is 0 Å². The SMILES string of the molecule is CC1=CC=C(C2CCCCC2)C1. The maximum absolute atomic E-state index is 2.37. The zero-order chi connectivity index (χ0) is 8.39. The van der Waals surface area contributed by atoms with E-state index in [4.69, 9.17) is 0 Å². The second-order valence-electron chi connectivity index (χ2n) is 4.27. The largest absolute Gasteiger partial charge is 0.0693 e. The minimum Gasteiger partial charge on any atom is -0.0693 e. The molecule has 0 heterocycles. The van der Waals surface area contributed by atoms with Crippen LogP contribution in [0.1, 0.15) is 45.4 Å². The predicted octanol–water partition coefficient (Wildman–Crippen LogP) is 3.84. The van der Waals surface area contributed by atoms with E-state index < -0.39 is 0 Å². The Morgan fingerprint density at radius 2 is 1.83 bits per heavy atom. The molecule has 0 aromatic carbocycles. The fourth-order valence-corrected chi connectivity index (χ4v) is 2.44. The molecule has 0 bridgehead atoms. The van der Waals surface area contributed by atoms with E-state index >= 15 is 0 Å². The Bertz CT molecular complexity index is 214. The van der Waals surface area contributed by atoms with Crippen molar-refractivity contribution < 1.29 is 0 Å². The summed E-state index contributed by atoms with van der Waals surface area (Å²) in [6.45, 7) is 2.24. The summed E-state index contributed by atoms with van der Waals surface area (Å²) in [5.74, 6) is 0.937. The van der Waals surface area contributed by atoms with E-state index in [-0.39, 0.29) is 0 Å². The van der Waals surface area contributed by atoms with Gasteiger partial charge < -0.3 is 0 Å². The lowest BCUT2D eigenvalue weighted by molar-refractivity contribution is 0.399. The van der Waals surface area contributed by atoms with Crippen molar-refractivity contribution in [3.05, 3.63) is 23.3 Å². The molecule has 0 spiro atoms. The van der Waals surface area contributed by atoms with E-state index in [1.165, 1.54) is 38.5 Å². The minimum atomic E-state index is 0.937. The third-order valence-corrected chi connectivity index (χ3v) is 3.19. The lowest BCUT2D eigenvalue weighted by atomic mass is 9.83. The molecule has 0 N–H and O–H groups in total. The van der Waals surface area contributed by atoms with Crippen LogP contribution in [-0.4, -0.2) is 0 Å². The van der Waals surface area contributed by atoms with Crippen molar-refractivity contribution in [2.75, 3.05) is 0 Å². The van der Waals surface area contributed by atoms with Crippen LogP contribution < -0.4 is 0 Å². The Labute approximate surface area is 75.4 Å². The van der Waals surface area contributed by atoms with Crippen LogP contribution in [0.15, 0.2) is 23.3 Å². The average molecular weight is 162 g/mol. The third kappa shape index (κ3) is 1.63. The van der Waals surface area contributed by atoms with E-state index in [0.717, 1.165) is 5.92 Å². The summed E-state index contributed by atoms with van der Waals surface area (Å²) in [5, 5.41) is 0. The monoisotopic (exact) mass is 162 g/mol. The van der Waals surface area contributed by atoms with Crippen LogP contribution in [0.4, 0.5) is 0 Å². The highest BCUT2D eigenvalue weighted by Crippen LogP contribution is 2.35. The molecule has 0 nitrogen and oxygen atoms in total. The van der Waals surface area contributed by atoms with E-state index in [1.807, 2.05) is 0 Å². The highest BCUT2D eigenvalue weighted by molar-refractivity contribution is 5.30. The summed E-state index contributed by atoms with van der Waals surface area (Å²) in [5.41, 5.74) is 3.27. The van der Waals surface area contributed by atoms with Gasteiger partial charge in [0.25, 0.3) is 0 Å². The molecule has 0 heteroatoms. The minimum absolute atomic E-state index is 0.937. The predicted molar refractivity (Wildman–Crippen MR) is 53.0 cm³/mol. The van der Waals surface area contributed by atoms with Crippen LogP contribution in [0.2, 0.25) is 0 Å². The number of rotatable bonds is 1. The van der Waals surface area contributed by atoms with Gasteiger partial charge in [-0.25, -0.2) is 0 Å². The van der Waals surface area contributed by atoms with Gasteiger partial charge >= 0.3 is 0 Å². The van der Waals surface area contributed by atoms with Crippen LogP contribution in [0, 0.1) is 5.92 Å². The first kappa shape index (κ1) is 8.10. The van der Waals surface area contributed by atoms with Gasteiger partial charge in [-0.1, -0.05) is 42.6 Å². The summed E-state index contributed by atoms with van der Waals surface area (Å²) in [4.78, 5) is 0. The Kier molecular flexibility index (Phi) is 2.34. The van der Waals surface area contributed by atoms with Gasteiger partial charge in [0, 0.05) is 0 Å². The van der Waals surface area contributed by atoms with Gasteiger partial charge in [0.1, 0.15) is 0 Å². The Morgan fingerprint density at radius 1 is 1.08 bits per heavy atom. The van der Waals surface area contributed by atoms with Crippen molar-refractivity contribution in [1.29, 1.82) is 0 Å². The summed E-state index contributed by atoms with van der Waals surface area (Å²) >= 11 is 0. The van der Waals surface area contributed by atoms with Crippen LogP contribution in [0.25, 0.3) is 0 Å². The molecule has 0 atom stereocenters. The molecule has 1 saturated carbocycles. The fraction of sp³-hybridized carbons (Fsp3) is 0.667. The fourth-order valence-electron chi connectivity index (χ4n) is 2.44. The van der Waals surface area contributed by atoms with Crippen LogP contribution in [-0.2, 0) is 0 Å². The molecule has 12 heavy (non-hydrogen) atoms. The van der Waals surface area contributed by atoms with Gasteiger partial charge in [-0.05, 0) is 32.1 Å². The Hall–Kier alpha value is -0.520. The zero-order valence-electron chi connectivity index (χ0n) is 7.97. The maximum Gasteiger partial charge on any atom is -0.0102 e. The first-order valence-electron chi connectivity index (χ1n) is 5.22. The van der Waals surface area contributed by atoms with Crippen molar-refractivity contribution >= 4 is 0 Å². The molecule has 0 aromatic rings. The zero-order valence-corrected chi connectivity index (χ0v) is 7.97. The number of hydrogen-bond acceptors (Lipinski definition) is 0. The molecule has 0 saturated heterocycles. The molecule has 1 fully saturated rings. The molecule has 0 aliphatic heterocycles. The number of allylic oxidation sites excluding steroid dienone is 4. The molecule has 0 amide bonds. The van der Waals surface area contributed by atoms with E-state index in [9.17, 15) is 0 Å². The number of hydrogen-bond donors (Lipinski definition) is 0. The van der Waals surface area contributed by atoms with E-state index in [0.29, 0.717) is 0 Å². The Balaban J connectivity index is 1.93. The highest BCUT2D eigenvalue weighted by Gasteiger charge is 2.19. The molecular formula is C12H18. The Morgan fingerprint density at radius 3 is 2.42 bits per heavy atom. The molecule has 2 aliphatic rings. The molecule has 66 valence electrons. The summed E-state index contributed by atoms with van der Waals surface area (Å²) in [6.07, 6.45) is 13.2. The van der Waals surface area contributed by atoms with Gasteiger partial charge in [-0.3, -0.25) is 0 Å². The third-order valence-electron chi connectivity index (χ3n) is 3.19. The second kappa shape index (κ2) is 3.47. The van der Waals surface area contributed by atoms with Crippen molar-refractivity contribution in [2.24, 2.45) is 5.92 Å². The van der Waals surface area contributed by atoms with Crippen LogP contribution >= 0.6 is 0 Å². The van der Waals surface area contributed by atoms with Crippen molar-refractivity contribution in [3.63, 3.8) is 0 Å². The standard InChI is InChI=1S/C12H18/c1-10-7-8-12(9-10)11-5-3-2-4-6-11/h7-8,11H,2-6,9H2,1H3. The van der Waals surface area contributed by atoms with Crippen molar-refractivity contribution in [2.45, 2.75) is 45.4 Å². The molecule has 0 radical (unpaired) electrons. The molecular weight excluding hydrogens is 144 g/mol. The lowest BCUT2D eigenvalue weighted by Crippen LogP contribution is -2.08. The summed E-state index contributed by atoms with van der Waals surface area (Å²) in [7, 11) is 0. The first-order valence-corrected chi connectivity index (χ1v) is 5.22. The van der Waals surface area contributed by atoms with Gasteiger partial charge in [0.2, 0.25) is 0 Å². The quantitative estimate of drug-likeness (QED) is 0.549. The normalized spacial score (nSPS) is 25.4. The highest BCUT2D eigenvalue weighted by atomic mass is 14.2. The summed E-state index contributed by atoms with van der Waals surface area (Å²) in [6, 6.07) is 0. The lowest BCUT2D eigenvalue weighted by Gasteiger charge is -2.23. The smallest absolute Gasteiger partial charge is 0.0102 e. The molecule has 2 aliphatic carbocycles. The van der Waals surface area contributed by atoms with Gasteiger partial charge in [0.15, 0.2) is 0 Å². The van der Waals surface area contributed by atoms with Crippen molar-refractivity contribution in [3.8, 4) is 0 Å². The van der Waals surface area contributed by atoms with E-state index in [1.54, 1.807) is 11.1 Å². The second-order valence-corrected chi connectivity index (χ2v) is 4.27. The van der Waals surface area contributed by atoms with Crippen molar-refractivity contribution in [1.82, 2.24) is 0 Å². The molecule has 0 unspecified atom stereocenters. The average Bonchev–Trinajstić information content (AvgIpc) is 2.54.